The summed E-state index contributed by atoms with van der Waals surface area (Å²) in [6, 6.07) is 15.1. The van der Waals surface area contributed by atoms with E-state index in [9.17, 15) is 10.2 Å². The van der Waals surface area contributed by atoms with Crippen molar-refractivity contribution in [3.05, 3.63) is 71.3 Å². The third-order valence-electron chi connectivity index (χ3n) is 3.82. The van der Waals surface area contributed by atoms with Gasteiger partial charge in [0.1, 0.15) is 5.75 Å². The van der Waals surface area contributed by atoms with Crippen LogP contribution in [-0.4, -0.2) is 29.9 Å². The molecule has 122 valence electrons. The van der Waals surface area contributed by atoms with Crippen LogP contribution in [-0.2, 0) is 6.54 Å². The highest BCUT2D eigenvalue weighted by molar-refractivity contribution is 5.65. The van der Waals surface area contributed by atoms with Crippen molar-refractivity contribution < 1.29 is 10.2 Å². The lowest BCUT2D eigenvalue weighted by Gasteiger charge is -2.16. The number of phenols is 1. The third kappa shape index (κ3) is 4.84. The largest absolute Gasteiger partial charge is 0.508 e. The lowest BCUT2D eigenvalue weighted by molar-refractivity contribution is 0.270. The number of nitrogens with one attached hydrogen (secondary N) is 2. The zero-order valence-corrected chi connectivity index (χ0v) is 13.6. The van der Waals surface area contributed by atoms with Gasteiger partial charge in [-0.3, -0.25) is 0 Å². The van der Waals surface area contributed by atoms with Crippen LogP contribution < -0.4 is 10.6 Å². The van der Waals surface area contributed by atoms with E-state index in [1.54, 1.807) is 25.2 Å². The van der Waals surface area contributed by atoms with E-state index in [-0.39, 0.29) is 18.4 Å². The lowest BCUT2D eigenvalue weighted by atomic mass is 10.1. The minimum absolute atomic E-state index is 0.00482. The maximum Gasteiger partial charge on any atom is 0.116 e. The van der Waals surface area contributed by atoms with Crippen LogP contribution in [0, 0.1) is 6.92 Å². The Morgan fingerprint density at radius 3 is 2.61 bits per heavy atom. The minimum Gasteiger partial charge on any atom is -0.508 e. The Kier molecular flexibility index (Phi) is 6.20. The van der Waals surface area contributed by atoms with Gasteiger partial charge in [-0.25, -0.2) is 0 Å². The Labute approximate surface area is 137 Å². The highest BCUT2D eigenvalue weighted by Crippen LogP contribution is 2.19. The van der Waals surface area contributed by atoms with E-state index in [1.165, 1.54) is 11.1 Å². The highest BCUT2D eigenvalue weighted by Gasteiger charge is 2.08. The molecule has 0 heterocycles. The zero-order chi connectivity index (χ0) is 16.7. The van der Waals surface area contributed by atoms with Crippen LogP contribution in [0.1, 0.15) is 16.7 Å². The molecule has 0 bridgehead atoms. The second-order valence-electron chi connectivity index (χ2n) is 5.49. The van der Waals surface area contributed by atoms with Crippen molar-refractivity contribution in [2.45, 2.75) is 19.5 Å². The molecule has 2 aromatic rings. The molecule has 4 nitrogen and oxygen atoms in total. The number of rotatable bonds is 7. The topological polar surface area (TPSA) is 64.5 Å². The average molecular weight is 312 g/mol. The van der Waals surface area contributed by atoms with E-state index in [0.717, 1.165) is 11.3 Å². The van der Waals surface area contributed by atoms with E-state index < -0.39 is 0 Å². The Balaban J connectivity index is 2.25. The molecule has 0 fully saturated rings. The van der Waals surface area contributed by atoms with Gasteiger partial charge in [-0.2, -0.15) is 0 Å². The normalized spacial score (nSPS) is 12.9. The second kappa shape index (κ2) is 8.36. The number of aromatic hydroxyl groups is 1. The fourth-order valence-corrected chi connectivity index (χ4v) is 2.36. The number of phenolic OH excluding ortho intramolecular Hbond substituents is 1. The predicted molar refractivity (Wildman–Crippen MR) is 94.0 cm³/mol. The van der Waals surface area contributed by atoms with Gasteiger partial charge in [-0.1, -0.05) is 36.4 Å². The molecule has 0 amide bonds. The first-order valence-corrected chi connectivity index (χ1v) is 7.71. The minimum atomic E-state index is -0.156. The molecule has 0 aliphatic heterocycles. The number of hydrogen-bond acceptors (Lipinski definition) is 4. The number of hydrogen-bond donors (Lipinski definition) is 4. The molecule has 2 rings (SSSR count). The highest BCUT2D eigenvalue weighted by atomic mass is 16.3. The molecule has 1 unspecified atom stereocenters. The van der Waals surface area contributed by atoms with Gasteiger partial charge in [0.05, 0.1) is 12.6 Å². The first kappa shape index (κ1) is 17.1. The summed E-state index contributed by atoms with van der Waals surface area (Å²) in [5.74, 6) is 0.219. The molecule has 0 spiro atoms. The second-order valence-corrected chi connectivity index (χ2v) is 5.49. The molecule has 0 saturated carbocycles. The number of aryl methyl sites for hydroxylation is 1. The summed E-state index contributed by atoms with van der Waals surface area (Å²) >= 11 is 0. The zero-order valence-electron chi connectivity index (χ0n) is 13.6. The smallest absolute Gasteiger partial charge is 0.116 e. The van der Waals surface area contributed by atoms with E-state index in [2.05, 4.69) is 29.7 Å². The summed E-state index contributed by atoms with van der Waals surface area (Å²) in [6.45, 7) is 2.76. The summed E-state index contributed by atoms with van der Waals surface area (Å²) in [4.78, 5) is 0. The molecule has 0 saturated heterocycles. The summed E-state index contributed by atoms with van der Waals surface area (Å²) in [6.07, 6.45) is 1.94. The SMILES string of the molecule is CNC(/C=C(\NCc1ccccc1C)c1cccc(O)c1)CO. The molecular weight excluding hydrogens is 288 g/mol. The monoisotopic (exact) mass is 312 g/mol. The average Bonchev–Trinajstić information content (AvgIpc) is 2.56. The van der Waals surface area contributed by atoms with Crippen molar-refractivity contribution in [2.24, 2.45) is 0 Å². The summed E-state index contributed by atoms with van der Waals surface area (Å²) in [5.41, 5.74) is 4.19. The molecule has 1 atom stereocenters. The van der Waals surface area contributed by atoms with Crippen LogP contribution in [0.3, 0.4) is 0 Å². The molecule has 0 radical (unpaired) electrons. The molecular formula is C19H24N2O2. The van der Waals surface area contributed by atoms with Gasteiger partial charge >= 0.3 is 0 Å². The van der Waals surface area contributed by atoms with Gasteiger partial charge in [-0.15, -0.1) is 0 Å². The van der Waals surface area contributed by atoms with Crippen molar-refractivity contribution in [1.29, 1.82) is 0 Å². The molecule has 0 aromatic heterocycles. The van der Waals surface area contributed by atoms with Crippen molar-refractivity contribution >= 4 is 5.70 Å². The van der Waals surface area contributed by atoms with Crippen LogP contribution in [0.5, 0.6) is 5.75 Å². The molecule has 0 aliphatic carbocycles. The van der Waals surface area contributed by atoms with Gasteiger partial charge in [0.2, 0.25) is 0 Å². The van der Waals surface area contributed by atoms with Crippen LogP contribution >= 0.6 is 0 Å². The fraction of sp³-hybridized carbons (Fsp3) is 0.263. The van der Waals surface area contributed by atoms with Gasteiger partial charge in [0.25, 0.3) is 0 Å². The number of benzene rings is 2. The van der Waals surface area contributed by atoms with Crippen LogP contribution in [0.2, 0.25) is 0 Å². The van der Waals surface area contributed by atoms with E-state index in [1.807, 2.05) is 24.3 Å². The Bertz CT molecular complexity index is 664. The number of aliphatic hydroxyl groups excluding tert-OH is 1. The predicted octanol–water partition coefficient (Wildman–Crippen LogP) is 2.41. The molecule has 4 heteroatoms. The first-order chi connectivity index (χ1) is 11.1. The standard InChI is InChI=1S/C19H24N2O2/c1-14-6-3-4-7-16(14)12-21-19(11-17(13-22)20-2)15-8-5-9-18(23)10-15/h3-11,17,20-23H,12-13H2,1-2H3/b19-11-. The molecule has 0 aliphatic rings. The van der Waals surface area contributed by atoms with E-state index in [0.29, 0.717) is 6.54 Å². The Hall–Kier alpha value is -2.30. The summed E-state index contributed by atoms with van der Waals surface area (Å²) in [5, 5.41) is 25.6. The maximum absolute atomic E-state index is 9.72. The van der Waals surface area contributed by atoms with Crippen LogP contribution in [0.25, 0.3) is 5.70 Å². The number of likely N-dealkylation sites (N-methyl/N-ethyl adjacent to an activating group) is 1. The van der Waals surface area contributed by atoms with E-state index >= 15 is 0 Å². The maximum atomic E-state index is 9.72. The van der Waals surface area contributed by atoms with Crippen molar-refractivity contribution in [3.63, 3.8) is 0 Å². The Morgan fingerprint density at radius 1 is 1.17 bits per heavy atom. The van der Waals surface area contributed by atoms with Crippen molar-refractivity contribution in [1.82, 2.24) is 10.6 Å². The summed E-state index contributed by atoms with van der Waals surface area (Å²) < 4.78 is 0. The van der Waals surface area contributed by atoms with Crippen molar-refractivity contribution in [3.8, 4) is 5.75 Å². The van der Waals surface area contributed by atoms with Gasteiger partial charge in [-0.05, 0) is 43.3 Å². The van der Waals surface area contributed by atoms with Crippen LogP contribution in [0.15, 0.2) is 54.6 Å². The quantitative estimate of drug-likeness (QED) is 0.634. The van der Waals surface area contributed by atoms with Gasteiger partial charge in [0, 0.05) is 17.8 Å². The van der Waals surface area contributed by atoms with E-state index in [4.69, 9.17) is 0 Å². The fourth-order valence-electron chi connectivity index (χ4n) is 2.36. The molecule has 23 heavy (non-hydrogen) atoms. The van der Waals surface area contributed by atoms with Crippen molar-refractivity contribution in [2.75, 3.05) is 13.7 Å². The molecule has 4 N–H and O–H groups in total. The summed E-state index contributed by atoms with van der Waals surface area (Å²) in [7, 11) is 1.80. The van der Waals surface area contributed by atoms with Gasteiger partial charge in [0.15, 0.2) is 0 Å². The third-order valence-corrected chi connectivity index (χ3v) is 3.82. The number of aliphatic hydroxyl groups is 1. The first-order valence-electron chi connectivity index (χ1n) is 7.71. The Morgan fingerprint density at radius 2 is 1.96 bits per heavy atom. The van der Waals surface area contributed by atoms with Gasteiger partial charge < -0.3 is 20.8 Å². The lowest BCUT2D eigenvalue weighted by Crippen LogP contribution is -2.28. The molecule has 2 aromatic carbocycles. The van der Waals surface area contributed by atoms with Crippen LogP contribution in [0.4, 0.5) is 0 Å².